The van der Waals surface area contributed by atoms with E-state index in [9.17, 15) is 4.79 Å². The SMILES string of the molecule is CC(NCC=CC#CC(N)=O)c1cccc2ccccc12. The number of amides is 1. The first-order chi connectivity index (χ1) is 10.2. The third kappa shape index (κ3) is 4.20. The standard InChI is InChI=1S/C18H18N2O/c1-14(20-13-6-2-3-12-18(19)21)16-11-7-9-15-8-4-5-10-17(15)16/h2,4-11,14,20H,13H2,1H3,(H2,19,21). The summed E-state index contributed by atoms with van der Waals surface area (Å²) in [7, 11) is 0. The van der Waals surface area contributed by atoms with E-state index < -0.39 is 5.91 Å². The monoisotopic (exact) mass is 278 g/mol. The van der Waals surface area contributed by atoms with Crippen molar-refractivity contribution in [3.63, 3.8) is 0 Å². The highest BCUT2D eigenvalue weighted by atomic mass is 16.1. The van der Waals surface area contributed by atoms with Crippen molar-refractivity contribution in [2.75, 3.05) is 6.54 Å². The molecule has 0 radical (unpaired) electrons. The minimum Gasteiger partial charge on any atom is -0.359 e. The lowest BCUT2D eigenvalue weighted by Crippen LogP contribution is -2.18. The Hall–Kier alpha value is -2.57. The maximum atomic E-state index is 10.4. The first-order valence-electron chi connectivity index (χ1n) is 6.85. The van der Waals surface area contributed by atoms with Crippen LogP contribution in [0.15, 0.2) is 54.6 Å². The van der Waals surface area contributed by atoms with Crippen LogP contribution in [-0.4, -0.2) is 12.5 Å². The van der Waals surface area contributed by atoms with E-state index in [2.05, 4.69) is 60.5 Å². The predicted octanol–water partition coefficient (Wildman–Crippen LogP) is 2.54. The van der Waals surface area contributed by atoms with Crippen LogP contribution in [-0.2, 0) is 4.79 Å². The molecule has 0 aliphatic rings. The van der Waals surface area contributed by atoms with Gasteiger partial charge in [0, 0.05) is 12.6 Å². The van der Waals surface area contributed by atoms with Gasteiger partial charge in [0.2, 0.25) is 0 Å². The van der Waals surface area contributed by atoms with Gasteiger partial charge in [0.1, 0.15) is 0 Å². The summed E-state index contributed by atoms with van der Waals surface area (Å²) >= 11 is 0. The highest BCUT2D eigenvalue weighted by molar-refractivity contribution is 5.92. The number of fused-ring (bicyclic) bond motifs is 1. The summed E-state index contributed by atoms with van der Waals surface area (Å²) in [5.74, 6) is 4.23. The number of hydrogen-bond donors (Lipinski definition) is 2. The zero-order valence-electron chi connectivity index (χ0n) is 12.0. The van der Waals surface area contributed by atoms with Crippen LogP contribution in [0.2, 0.25) is 0 Å². The molecule has 21 heavy (non-hydrogen) atoms. The summed E-state index contributed by atoms with van der Waals surface area (Å²) < 4.78 is 0. The Morgan fingerprint density at radius 2 is 2.05 bits per heavy atom. The van der Waals surface area contributed by atoms with Gasteiger partial charge < -0.3 is 11.1 Å². The van der Waals surface area contributed by atoms with Gasteiger partial charge in [-0.15, -0.1) is 0 Å². The molecule has 0 heterocycles. The summed E-state index contributed by atoms with van der Waals surface area (Å²) in [6.45, 7) is 2.81. The zero-order chi connectivity index (χ0) is 15.1. The molecule has 3 nitrogen and oxygen atoms in total. The smallest absolute Gasteiger partial charge is 0.293 e. The van der Waals surface area contributed by atoms with Crippen LogP contribution in [0.3, 0.4) is 0 Å². The molecule has 0 aliphatic carbocycles. The lowest BCUT2D eigenvalue weighted by atomic mass is 10.00. The molecule has 1 amide bonds. The second-order valence-electron chi connectivity index (χ2n) is 4.73. The van der Waals surface area contributed by atoms with E-state index in [4.69, 9.17) is 5.73 Å². The van der Waals surface area contributed by atoms with Gasteiger partial charge >= 0.3 is 0 Å². The molecule has 2 aromatic carbocycles. The Balaban J connectivity index is 2.02. The van der Waals surface area contributed by atoms with E-state index in [1.165, 1.54) is 16.3 Å². The van der Waals surface area contributed by atoms with Crippen LogP contribution in [0.4, 0.5) is 0 Å². The van der Waals surface area contributed by atoms with Gasteiger partial charge in [-0.25, -0.2) is 0 Å². The van der Waals surface area contributed by atoms with Crippen LogP contribution in [0.25, 0.3) is 10.8 Å². The molecule has 3 heteroatoms. The van der Waals surface area contributed by atoms with Crippen molar-refractivity contribution in [2.24, 2.45) is 5.73 Å². The molecule has 1 unspecified atom stereocenters. The molecule has 0 spiro atoms. The number of carbonyl (C=O) groups excluding carboxylic acids is 1. The van der Waals surface area contributed by atoms with Crippen molar-refractivity contribution in [1.82, 2.24) is 5.32 Å². The highest BCUT2D eigenvalue weighted by Gasteiger charge is 2.07. The largest absolute Gasteiger partial charge is 0.359 e. The molecule has 0 aromatic heterocycles. The minimum atomic E-state index is -0.614. The number of carbonyl (C=O) groups is 1. The molecule has 106 valence electrons. The molecule has 0 saturated heterocycles. The second kappa shape index (κ2) is 7.28. The van der Waals surface area contributed by atoms with Crippen molar-refractivity contribution >= 4 is 16.7 Å². The Labute approximate surface area is 124 Å². The summed E-state index contributed by atoms with van der Waals surface area (Å²) in [4.78, 5) is 10.4. The number of hydrogen-bond acceptors (Lipinski definition) is 2. The number of nitrogens with two attached hydrogens (primary N) is 1. The maximum absolute atomic E-state index is 10.4. The normalized spacial score (nSPS) is 12.0. The summed E-state index contributed by atoms with van der Waals surface area (Å²) in [6, 6.07) is 14.9. The van der Waals surface area contributed by atoms with E-state index in [0.29, 0.717) is 6.54 Å². The quantitative estimate of drug-likeness (QED) is 0.844. The van der Waals surface area contributed by atoms with Gasteiger partial charge in [-0.1, -0.05) is 54.5 Å². The molecule has 0 fully saturated rings. The number of rotatable bonds is 4. The number of allylic oxidation sites excluding steroid dienone is 1. The minimum absolute atomic E-state index is 0.227. The summed E-state index contributed by atoms with van der Waals surface area (Å²) in [5.41, 5.74) is 6.19. The molecule has 1 atom stereocenters. The number of primary amides is 1. The van der Waals surface area contributed by atoms with E-state index >= 15 is 0 Å². The molecule has 3 N–H and O–H groups in total. The van der Waals surface area contributed by atoms with E-state index in [-0.39, 0.29) is 6.04 Å². The Morgan fingerprint density at radius 3 is 2.86 bits per heavy atom. The third-order valence-corrected chi connectivity index (χ3v) is 3.23. The maximum Gasteiger partial charge on any atom is 0.293 e. The number of nitrogens with one attached hydrogen (secondary N) is 1. The van der Waals surface area contributed by atoms with Crippen molar-refractivity contribution in [2.45, 2.75) is 13.0 Å². The third-order valence-electron chi connectivity index (χ3n) is 3.23. The predicted molar refractivity (Wildman–Crippen MR) is 86.5 cm³/mol. The van der Waals surface area contributed by atoms with Gasteiger partial charge in [-0.2, -0.15) is 0 Å². The Kier molecular flexibility index (Phi) is 5.14. The highest BCUT2D eigenvalue weighted by Crippen LogP contribution is 2.23. The van der Waals surface area contributed by atoms with Crippen molar-refractivity contribution in [3.05, 3.63) is 60.2 Å². The Bertz CT molecular complexity index is 717. The lowest BCUT2D eigenvalue weighted by Gasteiger charge is -2.15. The van der Waals surface area contributed by atoms with Gasteiger partial charge in [0.25, 0.3) is 5.91 Å². The van der Waals surface area contributed by atoms with Gasteiger partial charge in [-0.05, 0) is 35.3 Å². The molecular weight excluding hydrogens is 260 g/mol. The molecule has 0 bridgehead atoms. The lowest BCUT2D eigenvalue weighted by molar-refractivity contribution is -0.112. The van der Waals surface area contributed by atoms with Crippen molar-refractivity contribution < 1.29 is 4.79 Å². The molecular formula is C18H18N2O. The van der Waals surface area contributed by atoms with E-state index in [1.54, 1.807) is 6.08 Å². The van der Waals surface area contributed by atoms with Crippen LogP contribution >= 0.6 is 0 Å². The molecule has 0 saturated carbocycles. The first kappa shape index (κ1) is 14.8. The fraction of sp³-hybridized carbons (Fsp3) is 0.167. The van der Waals surface area contributed by atoms with Crippen LogP contribution < -0.4 is 11.1 Å². The topological polar surface area (TPSA) is 55.1 Å². The summed E-state index contributed by atoms with van der Waals surface area (Å²) in [5, 5.41) is 5.91. The van der Waals surface area contributed by atoms with Gasteiger partial charge in [-0.3, -0.25) is 4.79 Å². The van der Waals surface area contributed by atoms with Crippen LogP contribution in [0, 0.1) is 11.8 Å². The fourth-order valence-corrected chi connectivity index (χ4v) is 2.21. The number of benzene rings is 2. The van der Waals surface area contributed by atoms with Crippen molar-refractivity contribution in [1.29, 1.82) is 0 Å². The van der Waals surface area contributed by atoms with Gasteiger partial charge in [0.05, 0.1) is 0 Å². The summed E-state index contributed by atoms with van der Waals surface area (Å²) in [6.07, 6.45) is 3.51. The zero-order valence-corrected chi connectivity index (χ0v) is 12.0. The van der Waals surface area contributed by atoms with E-state index in [0.717, 1.165) is 0 Å². The fourth-order valence-electron chi connectivity index (χ4n) is 2.21. The molecule has 2 rings (SSSR count). The first-order valence-corrected chi connectivity index (χ1v) is 6.85. The molecule has 0 aliphatic heterocycles. The molecule has 2 aromatic rings. The Morgan fingerprint density at radius 1 is 1.29 bits per heavy atom. The van der Waals surface area contributed by atoms with Crippen LogP contribution in [0.1, 0.15) is 18.5 Å². The van der Waals surface area contributed by atoms with E-state index in [1.807, 2.05) is 12.1 Å². The van der Waals surface area contributed by atoms with Gasteiger partial charge in [0.15, 0.2) is 0 Å². The van der Waals surface area contributed by atoms with Crippen molar-refractivity contribution in [3.8, 4) is 11.8 Å². The average Bonchev–Trinajstić information content (AvgIpc) is 2.49. The average molecular weight is 278 g/mol. The second-order valence-corrected chi connectivity index (χ2v) is 4.73. The van der Waals surface area contributed by atoms with Crippen LogP contribution in [0.5, 0.6) is 0 Å².